The van der Waals surface area contributed by atoms with Gasteiger partial charge < -0.3 is 5.32 Å². The molecule has 1 saturated carbocycles. The van der Waals surface area contributed by atoms with Crippen molar-refractivity contribution in [3.8, 4) is 6.07 Å². The maximum absolute atomic E-state index is 12.0. The van der Waals surface area contributed by atoms with E-state index >= 15 is 0 Å². The zero-order valence-electron chi connectivity index (χ0n) is 9.33. The van der Waals surface area contributed by atoms with Crippen LogP contribution in [0.2, 0.25) is 0 Å². The Morgan fingerprint density at radius 3 is 2.65 bits per heavy atom. The zero-order chi connectivity index (χ0) is 12.3. The summed E-state index contributed by atoms with van der Waals surface area (Å²) < 4.78 is 0.928. The number of halogens is 1. The number of carbonyl (C=O) groups is 1. The average Bonchev–Trinajstić information content (AvgIpc) is 2.77. The molecule has 1 amide bonds. The average molecular weight is 313 g/mol. The third kappa shape index (κ3) is 2.88. The van der Waals surface area contributed by atoms with Gasteiger partial charge in [-0.15, -0.1) is 11.3 Å². The van der Waals surface area contributed by atoms with Gasteiger partial charge >= 0.3 is 0 Å². The van der Waals surface area contributed by atoms with Gasteiger partial charge in [-0.1, -0.05) is 19.3 Å². The van der Waals surface area contributed by atoms with Gasteiger partial charge in [-0.25, -0.2) is 0 Å². The summed E-state index contributed by atoms with van der Waals surface area (Å²) in [6, 6.07) is 5.91. The molecule has 0 saturated heterocycles. The van der Waals surface area contributed by atoms with E-state index in [0.29, 0.717) is 4.88 Å². The Kier molecular flexibility index (Phi) is 3.85. The van der Waals surface area contributed by atoms with Gasteiger partial charge in [-0.2, -0.15) is 5.26 Å². The molecule has 17 heavy (non-hydrogen) atoms. The number of carbonyl (C=O) groups excluding carboxylic acids is 1. The van der Waals surface area contributed by atoms with E-state index in [2.05, 4.69) is 27.3 Å². The number of nitrogens with one attached hydrogen (secondary N) is 1. The molecule has 0 radical (unpaired) electrons. The fourth-order valence-electron chi connectivity index (χ4n) is 2.14. The maximum atomic E-state index is 12.0. The van der Waals surface area contributed by atoms with Gasteiger partial charge in [0, 0.05) is 0 Å². The molecule has 3 nitrogen and oxygen atoms in total. The summed E-state index contributed by atoms with van der Waals surface area (Å²) in [5, 5.41) is 12.2. The molecule has 0 bridgehead atoms. The van der Waals surface area contributed by atoms with E-state index in [0.717, 1.165) is 35.9 Å². The van der Waals surface area contributed by atoms with Gasteiger partial charge in [-0.05, 0) is 40.9 Å². The summed E-state index contributed by atoms with van der Waals surface area (Å²) in [6.07, 6.45) is 4.72. The molecular weight excluding hydrogens is 300 g/mol. The third-order valence-electron chi connectivity index (χ3n) is 3.07. The Morgan fingerprint density at radius 1 is 1.41 bits per heavy atom. The summed E-state index contributed by atoms with van der Waals surface area (Å²) in [7, 11) is 0. The van der Waals surface area contributed by atoms with Crippen molar-refractivity contribution < 1.29 is 4.79 Å². The lowest BCUT2D eigenvalue weighted by atomic mass is 9.83. The predicted octanol–water partition coefficient (Wildman–Crippen LogP) is 3.47. The van der Waals surface area contributed by atoms with E-state index < -0.39 is 5.54 Å². The standard InChI is InChI=1S/C12H13BrN2OS/c13-10-5-4-9(17-10)11(16)15-12(8-14)6-2-1-3-7-12/h4-5H,1-3,6-7H2,(H,15,16). The molecule has 90 valence electrons. The molecule has 0 atom stereocenters. The third-order valence-corrected chi connectivity index (χ3v) is 4.69. The van der Waals surface area contributed by atoms with Gasteiger partial charge in [0.1, 0.15) is 5.54 Å². The largest absolute Gasteiger partial charge is 0.333 e. The molecule has 1 fully saturated rings. The minimum absolute atomic E-state index is 0.135. The molecule has 1 N–H and O–H groups in total. The molecule has 0 unspecified atom stereocenters. The van der Waals surface area contributed by atoms with E-state index in [1.165, 1.54) is 11.3 Å². The van der Waals surface area contributed by atoms with Crippen LogP contribution < -0.4 is 5.32 Å². The lowest BCUT2D eigenvalue weighted by Gasteiger charge is -2.31. The molecule has 0 aliphatic heterocycles. The van der Waals surface area contributed by atoms with Crippen molar-refractivity contribution in [1.29, 1.82) is 5.26 Å². The summed E-state index contributed by atoms with van der Waals surface area (Å²) in [5.74, 6) is -0.135. The fourth-order valence-corrected chi connectivity index (χ4v) is 3.42. The van der Waals surface area contributed by atoms with E-state index in [9.17, 15) is 10.1 Å². The van der Waals surface area contributed by atoms with Crippen LogP contribution in [0.25, 0.3) is 0 Å². The van der Waals surface area contributed by atoms with Gasteiger partial charge in [-0.3, -0.25) is 4.79 Å². The van der Waals surface area contributed by atoms with Gasteiger partial charge in [0.25, 0.3) is 5.91 Å². The smallest absolute Gasteiger partial charge is 0.262 e. The first-order valence-corrected chi connectivity index (χ1v) is 7.25. The zero-order valence-corrected chi connectivity index (χ0v) is 11.7. The topological polar surface area (TPSA) is 52.9 Å². The number of hydrogen-bond donors (Lipinski definition) is 1. The van der Waals surface area contributed by atoms with Crippen molar-refractivity contribution in [2.24, 2.45) is 0 Å². The normalized spacial score (nSPS) is 18.4. The summed E-state index contributed by atoms with van der Waals surface area (Å²) in [6.45, 7) is 0. The Hall–Kier alpha value is -0.860. The SMILES string of the molecule is N#CC1(NC(=O)c2ccc(Br)s2)CCCCC1. The molecule has 5 heteroatoms. The van der Waals surface area contributed by atoms with Crippen LogP contribution >= 0.6 is 27.3 Å². The first-order valence-electron chi connectivity index (χ1n) is 5.64. The fraction of sp³-hybridized carbons (Fsp3) is 0.500. The minimum atomic E-state index is -0.647. The number of nitriles is 1. The quantitative estimate of drug-likeness (QED) is 0.909. The van der Waals surface area contributed by atoms with E-state index in [4.69, 9.17) is 0 Å². The van der Waals surface area contributed by atoms with Crippen LogP contribution in [-0.2, 0) is 0 Å². The number of hydrogen-bond acceptors (Lipinski definition) is 3. The molecule has 0 aromatic carbocycles. The predicted molar refractivity (Wildman–Crippen MR) is 70.9 cm³/mol. The van der Waals surface area contributed by atoms with Crippen molar-refractivity contribution >= 4 is 33.2 Å². The van der Waals surface area contributed by atoms with Crippen molar-refractivity contribution in [3.05, 3.63) is 20.8 Å². The molecule has 0 spiro atoms. The van der Waals surface area contributed by atoms with Crippen LogP contribution in [0.15, 0.2) is 15.9 Å². The van der Waals surface area contributed by atoms with Crippen molar-refractivity contribution in [2.45, 2.75) is 37.6 Å². The maximum Gasteiger partial charge on any atom is 0.262 e. The molecular formula is C12H13BrN2OS. The Bertz CT molecular complexity index is 457. The summed E-state index contributed by atoms with van der Waals surface area (Å²) in [5.41, 5.74) is -0.647. The Labute approximate surface area is 113 Å². The van der Waals surface area contributed by atoms with Crippen molar-refractivity contribution in [1.82, 2.24) is 5.32 Å². The highest BCUT2D eigenvalue weighted by Crippen LogP contribution is 2.29. The van der Waals surface area contributed by atoms with Crippen molar-refractivity contribution in [2.75, 3.05) is 0 Å². The molecule has 1 aliphatic rings. The van der Waals surface area contributed by atoms with Crippen LogP contribution in [0, 0.1) is 11.3 Å². The lowest BCUT2D eigenvalue weighted by molar-refractivity contribution is 0.0907. The Morgan fingerprint density at radius 2 is 2.12 bits per heavy atom. The Balaban J connectivity index is 2.09. The number of thiophene rings is 1. The van der Waals surface area contributed by atoms with Crippen LogP contribution in [0.5, 0.6) is 0 Å². The molecule has 1 aliphatic carbocycles. The van der Waals surface area contributed by atoms with Crippen molar-refractivity contribution in [3.63, 3.8) is 0 Å². The number of amides is 1. The van der Waals surface area contributed by atoms with E-state index in [1.807, 2.05) is 6.07 Å². The van der Waals surface area contributed by atoms with Crippen LogP contribution in [-0.4, -0.2) is 11.4 Å². The van der Waals surface area contributed by atoms with Crippen LogP contribution in [0.4, 0.5) is 0 Å². The molecule has 1 aromatic heterocycles. The van der Waals surface area contributed by atoms with E-state index in [-0.39, 0.29) is 5.91 Å². The second-order valence-corrected chi connectivity index (χ2v) is 6.78. The molecule has 1 aromatic rings. The first-order chi connectivity index (χ1) is 8.15. The monoisotopic (exact) mass is 312 g/mol. The van der Waals surface area contributed by atoms with E-state index in [1.54, 1.807) is 6.07 Å². The second kappa shape index (κ2) is 5.19. The summed E-state index contributed by atoms with van der Waals surface area (Å²) in [4.78, 5) is 12.7. The molecule has 1 heterocycles. The van der Waals surface area contributed by atoms with Gasteiger partial charge in [0.2, 0.25) is 0 Å². The first kappa shape index (κ1) is 12.6. The van der Waals surface area contributed by atoms with Crippen LogP contribution in [0.1, 0.15) is 41.8 Å². The lowest BCUT2D eigenvalue weighted by Crippen LogP contribution is -2.48. The second-order valence-electron chi connectivity index (χ2n) is 4.31. The number of nitrogens with zero attached hydrogens (tertiary/aromatic N) is 1. The highest BCUT2D eigenvalue weighted by molar-refractivity contribution is 9.11. The van der Waals surface area contributed by atoms with Crippen LogP contribution in [0.3, 0.4) is 0 Å². The van der Waals surface area contributed by atoms with Gasteiger partial charge in [0.05, 0.1) is 14.7 Å². The highest BCUT2D eigenvalue weighted by atomic mass is 79.9. The minimum Gasteiger partial charge on any atom is -0.333 e. The highest BCUT2D eigenvalue weighted by Gasteiger charge is 2.34. The molecule has 2 rings (SSSR count). The number of rotatable bonds is 2. The van der Waals surface area contributed by atoms with Gasteiger partial charge in [0.15, 0.2) is 0 Å². The summed E-state index contributed by atoms with van der Waals surface area (Å²) >= 11 is 4.72.